The first-order valence-corrected chi connectivity index (χ1v) is 7.08. The number of benzene rings is 1. The molecule has 0 atom stereocenters. The zero-order valence-electron chi connectivity index (χ0n) is 9.14. The minimum absolute atomic E-state index is 0.606. The van der Waals surface area contributed by atoms with Gasteiger partial charge in [-0.15, -0.1) is 0 Å². The Morgan fingerprint density at radius 1 is 1.29 bits per heavy atom. The summed E-state index contributed by atoms with van der Waals surface area (Å²) in [7, 11) is 0. The average Bonchev–Trinajstić information content (AvgIpc) is 2.78. The van der Waals surface area contributed by atoms with Crippen LogP contribution in [0.1, 0.15) is 12.5 Å². The van der Waals surface area contributed by atoms with E-state index >= 15 is 0 Å². The van der Waals surface area contributed by atoms with Gasteiger partial charge in [-0.1, -0.05) is 66.1 Å². The first-order valence-electron chi connectivity index (χ1n) is 4.98. The summed E-state index contributed by atoms with van der Waals surface area (Å²) in [6.07, 6.45) is 0. The molecule has 0 radical (unpaired) electrons. The quantitative estimate of drug-likeness (QED) is 0.344. The van der Waals surface area contributed by atoms with E-state index in [9.17, 15) is 5.26 Å². The summed E-state index contributed by atoms with van der Waals surface area (Å²) < 4.78 is 0.985. The minimum atomic E-state index is 0.606. The third kappa shape index (κ3) is 2.81. The second-order valence-corrected chi connectivity index (χ2v) is 6.22. The molecule has 0 saturated carbocycles. The lowest BCUT2D eigenvalue weighted by molar-refractivity contribution is 1.51. The monoisotopic (exact) mass is 275 g/mol. The number of nitriles is 1. The number of rotatable bonds is 2. The van der Waals surface area contributed by atoms with Gasteiger partial charge in [0.15, 0.2) is 0 Å². The van der Waals surface area contributed by atoms with Gasteiger partial charge in [0.2, 0.25) is 0 Å². The van der Waals surface area contributed by atoms with Gasteiger partial charge in [-0.3, -0.25) is 0 Å². The lowest BCUT2D eigenvalue weighted by Gasteiger charge is -2.05. The van der Waals surface area contributed by atoms with Gasteiger partial charge in [-0.25, -0.2) is 0 Å². The molecule has 4 heteroatoms. The molecule has 17 heavy (non-hydrogen) atoms. The molecule has 0 unspecified atom stereocenters. The number of hydrogen-bond acceptors (Lipinski definition) is 4. The van der Waals surface area contributed by atoms with Crippen LogP contribution in [0.15, 0.2) is 50.5 Å². The van der Waals surface area contributed by atoms with E-state index in [0.29, 0.717) is 10.4 Å². The molecular formula is C13H9NS3. The predicted octanol–water partition coefficient (Wildman–Crippen LogP) is 4.48. The highest BCUT2D eigenvalue weighted by molar-refractivity contribution is 8.28. The van der Waals surface area contributed by atoms with E-state index in [0.717, 1.165) is 9.80 Å². The zero-order chi connectivity index (χ0) is 12.3. The molecule has 1 nitrogen and oxygen atoms in total. The molecule has 0 N–H and O–H groups in total. The highest BCUT2D eigenvalue weighted by Crippen LogP contribution is 2.45. The number of nitrogens with zero attached hydrogens (tertiary/aromatic N) is 1. The normalized spacial score (nSPS) is 17.3. The maximum Gasteiger partial charge on any atom is 0.102 e. The van der Waals surface area contributed by atoms with E-state index in [1.54, 1.807) is 23.5 Å². The van der Waals surface area contributed by atoms with Crippen LogP contribution in [0.2, 0.25) is 0 Å². The highest BCUT2D eigenvalue weighted by atomic mass is 32.2. The molecule has 0 fully saturated rings. The number of thioether (sulfide) groups is 2. The van der Waals surface area contributed by atoms with Crippen molar-refractivity contribution in [3.05, 3.63) is 56.0 Å². The van der Waals surface area contributed by atoms with Gasteiger partial charge in [0.05, 0.1) is 14.7 Å². The van der Waals surface area contributed by atoms with E-state index in [4.69, 9.17) is 12.2 Å². The van der Waals surface area contributed by atoms with E-state index < -0.39 is 0 Å². The third-order valence-electron chi connectivity index (χ3n) is 2.16. The van der Waals surface area contributed by atoms with E-state index in [1.807, 2.05) is 42.7 Å². The van der Waals surface area contributed by atoms with Gasteiger partial charge in [0, 0.05) is 0 Å². The van der Waals surface area contributed by atoms with E-state index in [1.165, 1.54) is 4.91 Å². The van der Waals surface area contributed by atoms with Crippen molar-refractivity contribution >= 4 is 40.6 Å². The van der Waals surface area contributed by atoms with Gasteiger partial charge < -0.3 is 0 Å². The Bertz CT molecular complexity index is 550. The van der Waals surface area contributed by atoms with Crippen molar-refractivity contribution in [2.24, 2.45) is 0 Å². The molecule has 1 aliphatic rings. The Morgan fingerprint density at radius 3 is 2.53 bits per heavy atom. The zero-order valence-corrected chi connectivity index (χ0v) is 11.6. The fraction of sp³-hybridized carbons (Fsp3) is 0.0769. The van der Waals surface area contributed by atoms with Crippen molar-refractivity contribution in [1.82, 2.24) is 0 Å². The lowest BCUT2D eigenvalue weighted by Crippen LogP contribution is -2.01. The molecule has 0 aromatic heterocycles. The van der Waals surface area contributed by atoms with Crippen molar-refractivity contribution < 1.29 is 0 Å². The molecule has 2 rings (SSSR count). The summed E-state index contributed by atoms with van der Waals surface area (Å²) in [5.41, 5.74) is 1.53. The second-order valence-electron chi connectivity index (χ2n) is 3.42. The Labute approximate surface area is 115 Å². The molecule has 1 aromatic rings. The Kier molecular flexibility index (Phi) is 4.06. The van der Waals surface area contributed by atoms with Crippen molar-refractivity contribution in [3.8, 4) is 6.07 Å². The van der Waals surface area contributed by atoms with Crippen LogP contribution in [0.25, 0.3) is 0 Å². The molecule has 1 heterocycles. The minimum Gasteiger partial charge on any atom is -0.192 e. The molecule has 1 aliphatic heterocycles. The second kappa shape index (κ2) is 5.54. The summed E-state index contributed by atoms with van der Waals surface area (Å²) in [6.45, 7) is 2.03. The van der Waals surface area contributed by atoms with Gasteiger partial charge in [0.1, 0.15) is 6.07 Å². The molecule has 0 bridgehead atoms. The third-order valence-corrected chi connectivity index (χ3v) is 5.01. The van der Waals surface area contributed by atoms with Crippen LogP contribution < -0.4 is 0 Å². The van der Waals surface area contributed by atoms with Crippen LogP contribution in [0.5, 0.6) is 0 Å². The smallest absolute Gasteiger partial charge is 0.102 e. The maximum absolute atomic E-state index is 9.26. The molecule has 0 amide bonds. The predicted molar refractivity (Wildman–Crippen MR) is 79.7 cm³/mol. The van der Waals surface area contributed by atoms with Crippen LogP contribution in [-0.4, -0.2) is 4.86 Å². The van der Waals surface area contributed by atoms with Gasteiger partial charge in [-0.2, -0.15) is 5.26 Å². The number of allylic oxidation sites excluding steroid dienone is 2. The first-order chi connectivity index (χ1) is 8.22. The highest BCUT2D eigenvalue weighted by Gasteiger charge is 2.18. The van der Waals surface area contributed by atoms with Gasteiger partial charge in [-0.05, 0) is 22.8 Å². The Morgan fingerprint density at radius 2 is 2.00 bits per heavy atom. The number of thiocarbonyl (C=S) groups is 1. The summed E-state index contributed by atoms with van der Waals surface area (Å²) in [5, 5.41) is 11.3. The topological polar surface area (TPSA) is 23.8 Å². The van der Waals surface area contributed by atoms with Gasteiger partial charge in [0.25, 0.3) is 0 Å². The average molecular weight is 275 g/mol. The van der Waals surface area contributed by atoms with Crippen LogP contribution in [0.4, 0.5) is 0 Å². The molecule has 0 saturated heterocycles. The molecule has 0 aliphatic carbocycles. The fourth-order valence-electron chi connectivity index (χ4n) is 1.36. The van der Waals surface area contributed by atoms with Crippen LogP contribution >= 0.6 is 35.7 Å². The van der Waals surface area contributed by atoms with Crippen molar-refractivity contribution in [1.29, 1.82) is 5.26 Å². The lowest BCUT2D eigenvalue weighted by atomic mass is 10.1. The number of hydrogen-bond donors (Lipinski definition) is 0. The van der Waals surface area contributed by atoms with Crippen molar-refractivity contribution in [2.45, 2.75) is 6.92 Å². The summed E-state index contributed by atoms with van der Waals surface area (Å²) >= 11 is 8.58. The molecule has 84 valence electrons. The van der Waals surface area contributed by atoms with Crippen LogP contribution in [-0.2, 0) is 0 Å². The fourth-order valence-corrected chi connectivity index (χ4v) is 3.93. The Hall–Kier alpha value is -1.02. The van der Waals surface area contributed by atoms with E-state index in [-0.39, 0.29) is 0 Å². The van der Waals surface area contributed by atoms with Crippen LogP contribution in [0.3, 0.4) is 0 Å². The molecule has 0 spiro atoms. The standard InChI is InChI=1S/C13H9NS3/c1-9-8-16-13(17-9)11(7-14)12(15)10-5-3-2-4-6-10/h2-6,8H,1H3/b13-11-. The molecule has 1 aromatic carbocycles. The summed E-state index contributed by atoms with van der Waals surface area (Å²) in [5.74, 6) is 0. The van der Waals surface area contributed by atoms with E-state index in [2.05, 4.69) is 6.07 Å². The maximum atomic E-state index is 9.26. The van der Waals surface area contributed by atoms with Crippen molar-refractivity contribution in [2.75, 3.05) is 0 Å². The summed E-state index contributed by atoms with van der Waals surface area (Å²) in [6, 6.07) is 11.9. The Balaban J connectivity index is 2.34. The van der Waals surface area contributed by atoms with Gasteiger partial charge >= 0.3 is 0 Å². The largest absolute Gasteiger partial charge is 0.192 e. The summed E-state index contributed by atoms with van der Waals surface area (Å²) in [4.78, 5) is 1.83. The first kappa shape index (κ1) is 12.4. The van der Waals surface area contributed by atoms with Crippen molar-refractivity contribution in [3.63, 3.8) is 0 Å². The SMILES string of the molecule is CC1=CS/C(=C(\C#N)C(=S)c2ccccc2)S1. The van der Waals surface area contributed by atoms with Crippen LogP contribution in [0, 0.1) is 11.3 Å². The molecular weight excluding hydrogens is 266 g/mol.